The van der Waals surface area contributed by atoms with Crippen molar-refractivity contribution in [3.05, 3.63) is 28.7 Å². The van der Waals surface area contributed by atoms with Gasteiger partial charge in [-0.05, 0) is 55.8 Å². The van der Waals surface area contributed by atoms with Gasteiger partial charge >= 0.3 is 0 Å². The average Bonchev–Trinajstić information content (AvgIpc) is 2.53. The highest BCUT2D eigenvalue weighted by molar-refractivity contribution is 9.10. The molecule has 1 amide bonds. The number of hydrogen-bond acceptors (Lipinski definition) is 4. The molecule has 1 fully saturated rings. The van der Waals surface area contributed by atoms with E-state index in [0.29, 0.717) is 30.7 Å². The van der Waals surface area contributed by atoms with Gasteiger partial charge in [-0.1, -0.05) is 12.1 Å². The maximum absolute atomic E-state index is 12.8. The van der Waals surface area contributed by atoms with Gasteiger partial charge in [-0.3, -0.25) is 9.69 Å². The molecule has 1 aromatic carbocycles. The van der Waals surface area contributed by atoms with Gasteiger partial charge in [0.1, 0.15) is 0 Å². The third-order valence-corrected chi connectivity index (χ3v) is 7.06. The van der Waals surface area contributed by atoms with Gasteiger partial charge in [0.05, 0.1) is 10.9 Å². The quantitative estimate of drug-likeness (QED) is 0.791. The molecule has 25 heavy (non-hydrogen) atoms. The first-order chi connectivity index (χ1) is 11.5. The molecule has 6 nitrogen and oxygen atoms in total. The van der Waals surface area contributed by atoms with Crippen LogP contribution >= 0.6 is 15.9 Å². The molecule has 0 aliphatic carbocycles. The van der Waals surface area contributed by atoms with E-state index in [0.717, 1.165) is 0 Å². The monoisotopic (exact) mass is 431 g/mol. The molecule has 1 aliphatic rings. The minimum Gasteiger partial charge on any atom is -0.350 e. The van der Waals surface area contributed by atoms with E-state index >= 15 is 0 Å². The Hall–Kier alpha value is -0.960. The van der Waals surface area contributed by atoms with Crippen LogP contribution in [0.15, 0.2) is 33.6 Å². The Bertz CT molecular complexity index is 723. The minimum absolute atomic E-state index is 0.0328. The molecule has 140 valence electrons. The number of rotatable bonds is 4. The zero-order valence-corrected chi connectivity index (χ0v) is 17.5. The third-order valence-electron chi connectivity index (χ3n) is 4.15. The molecule has 0 radical (unpaired) electrons. The number of piperazine rings is 1. The van der Waals surface area contributed by atoms with Crippen LogP contribution < -0.4 is 5.32 Å². The van der Waals surface area contributed by atoms with Crippen molar-refractivity contribution in [3.63, 3.8) is 0 Å². The number of sulfonamides is 1. The fraction of sp³-hybridized carbons (Fsp3) is 0.588. The summed E-state index contributed by atoms with van der Waals surface area (Å²) in [6.07, 6.45) is 0. The lowest BCUT2D eigenvalue weighted by atomic mass is 10.1. The van der Waals surface area contributed by atoms with Crippen molar-refractivity contribution < 1.29 is 13.2 Å². The van der Waals surface area contributed by atoms with Crippen molar-refractivity contribution in [2.24, 2.45) is 0 Å². The largest absolute Gasteiger partial charge is 0.350 e. The molecule has 1 heterocycles. The first-order valence-corrected chi connectivity index (χ1v) is 10.6. The lowest BCUT2D eigenvalue weighted by Crippen LogP contribution is -2.56. The van der Waals surface area contributed by atoms with Crippen molar-refractivity contribution in [1.82, 2.24) is 14.5 Å². The number of hydrogen-bond donors (Lipinski definition) is 1. The van der Waals surface area contributed by atoms with Gasteiger partial charge in [0.25, 0.3) is 0 Å². The SMILES string of the molecule is CC(C(=O)NC(C)(C)C)N1CCN(S(=O)(=O)c2ccccc2Br)CC1. The number of halogens is 1. The molecule has 0 spiro atoms. The molecule has 1 unspecified atom stereocenters. The summed E-state index contributed by atoms with van der Waals surface area (Å²) in [5.74, 6) is -0.0328. The van der Waals surface area contributed by atoms with Crippen LogP contribution in [0.4, 0.5) is 0 Å². The molecule has 1 aromatic rings. The number of nitrogens with zero attached hydrogens (tertiary/aromatic N) is 2. The van der Waals surface area contributed by atoms with Crippen LogP contribution in [-0.4, -0.2) is 61.3 Å². The van der Waals surface area contributed by atoms with Crippen LogP contribution in [0.1, 0.15) is 27.7 Å². The van der Waals surface area contributed by atoms with E-state index in [1.165, 1.54) is 4.31 Å². The highest BCUT2D eigenvalue weighted by Crippen LogP contribution is 2.25. The Morgan fingerprint density at radius 2 is 1.72 bits per heavy atom. The molecule has 1 N–H and O–H groups in total. The number of carbonyl (C=O) groups is 1. The third kappa shape index (κ3) is 5.03. The van der Waals surface area contributed by atoms with E-state index in [-0.39, 0.29) is 22.4 Å². The molecule has 0 saturated carbocycles. The Morgan fingerprint density at radius 3 is 2.24 bits per heavy atom. The molecular formula is C17H26BrN3O3S. The van der Waals surface area contributed by atoms with Gasteiger partial charge in [0.2, 0.25) is 15.9 Å². The molecule has 1 saturated heterocycles. The number of amides is 1. The van der Waals surface area contributed by atoms with E-state index in [1.807, 2.05) is 32.6 Å². The van der Waals surface area contributed by atoms with Crippen LogP contribution in [0.25, 0.3) is 0 Å². The molecule has 1 atom stereocenters. The first-order valence-electron chi connectivity index (χ1n) is 8.33. The summed E-state index contributed by atoms with van der Waals surface area (Å²) in [7, 11) is -3.53. The number of benzene rings is 1. The van der Waals surface area contributed by atoms with Crippen LogP contribution in [0.3, 0.4) is 0 Å². The molecule has 0 aromatic heterocycles. The second-order valence-corrected chi connectivity index (χ2v) is 10.0. The van der Waals surface area contributed by atoms with Crippen LogP contribution in [0, 0.1) is 0 Å². The van der Waals surface area contributed by atoms with E-state index in [4.69, 9.17) is 0 Å². The average molecular weight is 432 g/mol. The summed E-state index contributed by atoms with van der Waals surface area (Å²) >= 11 is 3.31. The van der Waals surface area contributed by atoms with E-state index in [1.54, 1.807) is 24.3 Å². The van der Waals surface area contributed by atoms with Crippen molar-refractivity contribution in [2.45, 2.75) is 44.2 Å². The first kappa shape index (κ1) is 20.4. The van der Waals surface area contributed by atoms with Gasteiger partial charge in [-0.25, -0.2) is 8.42 Å². The minimum atomic E-state index is -3.53. The second kappa shape index (κ2) is 7.73. The smallest absolute Gasteiger partial charge is 0.244 e. The van der Waals surface area contributed by atoms with E-state index in [2.05, 4.69) is 21.2 Å². The van der Waals surface area contributed by atoms with Gasteiger partial charge in [-0.2, -0.15) is 4.31 Å². The maximum atomic E-state index is 12.8. The lowest BCUT2D eigenvalue weighted by molar-refractivity contribution is -0.127. The predicted molar refractivity (Wildman–Crippen MR) is 102 cm³/mol. The topological polar surface area (TPSA) is 69.7 Å². The maximum Gasteiger partial charge on any atom is 0.244 e. The molecule has 8 heteroatoms. The fourth-order valence-corrected chi connectivity index (χ4v) is 5.15. The predicted octanol–water partition coefficient (Wildman–Crippen LogP) is 2.06. The second-order valence-electron chi connectivity index (χ2n) is 7.29. The van der Waals surface area contributed by atoms with Gasteiger partial charge < -0.3 is 5.32 Å². The Labute approximate surface area is 158 Å². The van der Waals surface area contributed by atoms with Crippen LogP contribution in [0.5, 0.6) is 0 Å². The Balaban J connectivity index is 2.02. The van der Waals surface area contributed by atoms with Crippen molar-refractivity contribution >= 4 is 31.9 Å². The number of carbonyl (C=O) groups excluding carboxylic acids is 1. The molecule has 1 aliphatic heterocycles. The van der Waals surface area contributed by atoms with Gasteiger partial charge in [0.15, 0.2) is 0 Å². The summed E-state index contributed by atoms with van der Waals surface area (Å²) < 4.78 is 27.7. The zero-order valence-electron chi connectivity index (χ0n) is 15.1. The van der Waals surface area contributed by atoms with E-state index < -0.39 is 10.0 Å². The fourth-order valence-electron chi connectivity index (χ4n) is 2.76. The van der Waals surface area contributed by atoms with Crippen LogP contribution in [-0.2, 0) is 14.8 Å². The molecule has 2 rings (SSSR count). The highest BCUT2D eigenvalue weighted by Gasteiger charge is 2.33. The summed E-state index contributed by atoms with van der Waals surface area (Å²) in [6, 6.07) is 6.55. The summed E-state index contributed by atoms with van der Waals surface area (Å²) in [5.41, 5.74) is -0.282. The highest BCUT2D eigenvalue weighted by atomic mass is 79.9. The van der Waals surface area contributed by atoms with Gasteiger partial charge in [-0.15, -0.1) is 0 Å². The van der Waals surface area contributed by atoms with Crippen molar-refractivity contribution in [3.8, 4) is 0 Å². The summed E-state index contributed by atoms with van der Waals surface area (Å²) in [4.78, 5) is 14.6. The lowest BCUT2D eigenvalue weighted by Gasteiger charge is -2.37. The Kier molecular flexibility index (Phi) is 6.30. The van der Waals surface area contributed by atoms with Crippen molar-refractivity contribution in [1.29, 1.82) is 0 Å². The summed E-state index contributed by atoms with van der Waals surface area (Å²) in [5, 5.41) is 2.97. The van der Waals surface area contributed by atoms with Crippen LogP contribution in [0.2, 0.25) is 0 Å². The number of nitrogens with one attached hydrogen (secondary N) is 1. The standard InChI is InChI=1S/C17H26BrN3O3S/c1-13(16(22)19-17(2,3)4)20-9-11-21(12-10-20)25(23,24)15-8-6-5-7-14(15)18/h5-8,13H,9-12H2,1-4H3,(H,19,22). The van der Waals surface area contributed by atoms with Gasteiger partial charge in [0, 0.05) is 36.2 Å². The normalized spacial score (nSPS) is 18.8. The summed E-state index contributed by atoms with van der Waals surface area (Å²) in [6.45, 7) is 9.50. The zero-order chi connectivity index (χ0) is 18.8. The molecule has 0 bridgehead atoms. The van der Waals surface area contributed by atoms with E-state index in [9.17, 15) is 13.2 Å². The molecular weight excluding hydrogens is 406 g/mol. The Morgan fingerprint density at radius 1 is 1.16 bits per heavy atom. The van der Waals surface area contributed by atoms with Crippen molar-refractivity contribution in [2.75, 3.05) is 26.2 Å².